The predicted molar refractivity (Wildman–Crippen MR) is 37.7 cm³/mol. The molecule has 0 saturated heterocycles. The summed E-state index contributed by atoms with van der Waals surface area (Å²) in [7, 11) is 0. The van der Waals surface area contributed by atoms with E-state index in [1.165, 1.54) is 0 Å². The number of hydrogen-bond acceptors (Lipinski definition) is 6. The van der Waals surface area contributed by atoms with Crippen molar-refractivity contribution in [2.75, 3.05) is 11.5 Å². The van der Waals surface area contributed by atoms with E-state index in [1.807, 2.05) is 0 Å². The Morgan fingerprint density at radius 3 is 2.17 bits per heavy atom. The number of aromatic nitrogens is 2. The van der Waals surface area contributed by atoms with Crippen molar-refractivity contribution in [3.63, 3.8) is 0 Å². The summed E-state index contributed by atoms with van der Waals surface area (Å²) in [4.78, 5) is 10.5. The van der Waals surface area contributed by atoms with Crippen molar-refractivity contribution < 1.29 is 10.4 Å². The van der Waals surface area contributed by atoms with Crippen molar-refractivity contribution in [2.24, 2.45) is 0 Å². The Morgan fingerprint density at radius 2 is 1.67 bits per heavy atom. The Hall–Kier alpha value is -2.12. The summed E-state index contributed by atoms with van der Waals surface area (Å²) < 4.78 is 0. The Morgan fingerprint density at radius 1 is 1.17 bits per heavy atom. The molecule has 0 bridgehead atoms. The molecular formula is C4H7N5O3. The number of nitrogens with one attached hydrogen (secondary N) is 1. The second-order valence-corrected chi connectivity index (χ2v) is 2.06. The molecule has 0 saturated carbocycles. The monoisotopic (exact) mass is 173 g/mol. The Kier molecular flexibility index (Phi) is 1.45. The van der Waals surface area contributed by atoms with Gasteiger partial charge >= 0.3 is 5.56 Å². The number of hydrogen-bond donors (Lipinski definition) is 5. The second kappa shape index (κ2) is 2.19. The van der Waals surface area contributed by atoms with Crippen LogP contribution < -0.4 is 22.5 Å². The van der Waals surface area contributed by atoms with Crippen molar-refractivity contribution in [3.05, 3.63) is 15.8 Å². The number of anilines is 2. The summed E-state index contributed by atoms with van der Waals surface area (Å²) in [6.07, 6.45) is 0. The van der Waals surface area contributed by atoms with E-state index in [2.05, 4.69) is 0 Å². The van der Waals surface area contributed by atoms with Gasteiger partial charge in [0.1, 0.15) is 11.4 Å². The molecular weight excluding hydrogens is 166 g/mol. The van der Waals surface area contributed by atoms with E-state index in [0.717, 1.165) is 0 Å². The fourth-order valence-corrected chi connectivity index (χ4v) is 0.639. The lowest BCUT2D eigenvalue weighted by molar-refractivity contribution is -0.0298. The van der Waals surface area contributed by atoms with E-state index < -0.39 is 16.7 Å². The fourth-order valence-electron chi connectivity index (χ4n) is 0.639. The molecule has 7 N–H and O–H groups in total. The van der Waals surface area contributed by atoms with Gasteiger partial charge in [-0.1, -0.05) is 4.85 Å². The maximum absolute atomic E-state index is 10.8. The Balaban J connectivity index is 3.86. The number of nitrogens with two attached hydrogens (primary N) is 2. The molecule has 0 aliphatic rings. The quantitative estimate of drug-likeness (QED) is 0.282. The van der Waals surface area contributed by atoms with Crippen LogP contribution in [0.3, 0.4) is 0 Å². The zero-order chi connectivity index (χ0) is 9.46. The SMILES string of the molecule is N=c1c(N)c(N)c(=O)n(O)n1O. The van der Waals surface area contributed by atoms with Gasteiger partial charge in [-0.25, -0.2) is 0 Å². The molecule has 0 aromatic carbocycles. The molecule has 0 aliphatic carbocycles. The average molecular weight is 173 g/mol. The van der Waals surface area contributed by atoms with E-state index in [4.69, 9.17) is 27.3 Å². The van der Waals surface area contributed by atoms with Crippen LogP contribution in [0.1, 0.15) is 0 Å². The van der Waals surface area contributed by atoms with Crippen LogP contribution in [0.4, 0.5) is 11.4 Å². The van der Waals surface area contributed by atoms with Gasteiger partial charge in [-0.3, -0.25) is 10.2 Å². The summed E-state index contributed by atoms with van der Waals surface area (Å²) in [5.41, 5.74) is 7.63. The van der Waals surface area contributed by atoms with E-state index in [0.29, 0.717) is 0 Å². The van der Waals surface area contributed by atoms with E-state index in [-0.39, 0.29) is 15.4 Å². The molecule has 8 heteroatoms. The van der Waals surface area contributed by atoms with Crippen LogP contribution in [0.5, 0.6) is 0 Å². The highest BCUT2D eigenvalue weighted by molar-refractivity contribution is 5.58. The molecule has 0 amide bonds. The first-order valence-electron chi connectivity index (χ1n) is 2.83. The minimum atomic E-state index is -1.08. The molecule has 1 aromatic heterocycles. The van der Waals surface area contributed by atoms with Gasteiger partial charge in [0, 0.05) is 0 Å². The van der Waals surface area contributed by atoms with Crippen LogP contribution in [-0.4, -0.2) is 20.1 Å². The first-order chi connectivity index (χ1) is 5.46. The second-order valence-electron chi connectivity index (χ2n) is 2.06. The molecule has 1 rings (SSSR count). The highest BCUT2D eigenvalue weighted by Gasteiger charge is 2.10. The van der Waals surface area contributed by atoms with E-state index >= 15 is 0 Å². The van der Waals surface area contributed by atoms with Crippen molar-refractivity contribution in [2.45, 2.75) is 0 Å². The van der Waals surface area contributed by atoms with Crippen molar-refractivity contribution in [3.8, 4) is 0 Å². The maximum atomic E-state index is 10.8. The van der Waals surface area contributed by atoms with Gasteiger partial charge in [-0.05, 0) is 4.85 Å². The Bertz CT molecular complexity index is 353. The number of nitrogen functional groups attached to an aromatic ring is 2. The third-order valence-electron chi connectivity index (χ3n) is 1.34. The first-order valence-corrected chi connectivity index (χ1v) is 2.83. The van der Waals surface area contributed by atoms with Gasteiger partial charge in [-0.2, -0.15) is 0 Å². The topological polar surface area (TPSA) is 143 Å². The van der Waals surface area contributed by atoms with Crippen LogP contribution in [0.15, 0.2) is 4.79 Å². The van der Waals surface area contributed by atoms with Gasteiger partial charge < -0.3 is 21.9 Å². The lowest BCUT2D eigenvalue weighted by Crippen LogP contribution is -2.39. The molecule has 1 aromatic rings. The van der Waals surface area contributed by atoms with Crippen molar-refractivity contribution >= 4 is 11.4 Å². The van der Waals surface area contributed by atoms with Crippen LogP contribution in [0.2, 0.25) is 0 Å². The molecule has 0 aliphatic heterocycles. The zero-order valence-electron chi connectivity index (χ0n) is 5.85. The molecule has 0 spiro atoms. The summed E-state index contributed by atoms with van der Waals surface area (Å²) in [6.45, 7) is 0. The van der Waals surface area contributed by atoms with E-state index in [9.17, 15) is 4.79 Å². The predicted octanol–water partition coefficient (Wildman–Crippen LogP) is -2.23. The molecule has 0 fully saturated rings. The van der Waals surface area contributed by atoms with Gasteiger partial charge in [0.15, 0.2) is 0 Å². The van der Waals surface area contributed by atoms with Crippen LogP contribution >= 0.6 is 0 Å². The molecule has 12 heavy (non-hydrogen) atoms. The van der Waals surface area contributed by atoms with Crippen LogP contribution in [0, 0.1) is 5.41 Å². The average Bonchev–Trinajstić information content (AvgIpc) is 2.08. The normalized spacial score (nSPS) is 10.0. The molecule has 0 atom stereocenters. The molecule has 0 unspecified atom stereocenters. The standard InChI is InChI=1S/C4H7N5O3/c5-1-2(6)4(10)9(12)8(11)3(1)7/h7,11-12H,5-6H2. The van der Waals surface area contributed by atoms with E-state index in [1.54, 1.807) is 0 Å². The maximum Gasteiger partial charge on any atom is 0.329 e. The smallest absolute Gasteiger partial charge is 0.329 e. The lowest BCUT2D eigenvalue weighted by atomic mass is 10.4. The summed E-state index contributed by atoms with van der Waals surface area (Å²) >= 11 is 0. The highest BCUT2D eigenvalue weighted by Crippen LogP contribution is 1.97. The Labute approximate surface area is 65.3 Å². The highest BCUT2D eigenvalue weighted by atomic mass is 16.6. The van der Waals surface area contributed by atoms with Gasteiger partial charge in [0.2, 0.25) is 5.49 Å². The fraction of sp³-hybridized carbons (Fsp3) is 0. The zero-order valence-corrected chi connectivity index (χ0v) is 5.85. The number of rotatable bonds is 0. The molecule has 0 radical (unpaired) electrons. The van der Waals surface area contributed by atoms with Gasteiger partial charge in [0.25, 0.3) is 0 Å². The van der Waals surface area contributed by atoms with Crippen molar-refractivity contribution in [1.82, 2.24) is 9.69 Å². The third-order valence-corrected chi connectivity index (χ3v) is 1.34. The molecule has 1 heterocycles. The van der Waals surface area contributed by atoms with Crippen LogP contribution in [-0.2, 0) is 0 Å². The number of nitrogens with zero attached hydrogens (tertiary/aromatic N) is 2. The first kappa shape index (κ1) is 7.98. The minimum absolute atomic E-state index is 0.117. The molecule has 8 nitrogen and oxygen atoms in total. The van der Waals surface area contributed by atoms with Crippen LogP contribution in [0.25, 0.3) is 0 Å². The minimum Gasteiger partial charge on any atom is -0.409 e. The summed E-state index contributed by atoms with van der Waals surface area (Å²) in [5, 5.41) is 24.6. The van der Waals surface area contributed by atoms with Gasteiger partial charge in [-0.15, -0.1) is 0 Å². The van der Waals surface area contributed by atoms with Crippen molar-refractivity contribution in [1.29, 1.82) is 5.41 Å². The summed E-state index contributed by atoms with van der Waals surface area (Å²) in [6, 6.07) is 0. The molecule has 66 valence electrons. The summed E-state index contributed by atoms with van der Waals surface area (Å²) in [5.74, 6) is 0. The lowest BCUT2D eigenvalue weighted by Gasteiger charge is -2.05. The van der Waals surface area contributed by atoms with Gasteiger partial charge in [0.05, 0.1) is 0 Å². The third kappa shape index (κ3) is 0.779. The largest absolute Gasteiger partial charge is 0.409 e.